The van der Waals surface area contributed by atoms with E-state index in [0.717, 1.165) is 23.0 Å². The maximum atomic E-state index is 12.9. The number of benzene rings is 1. The Morgan fingerprint density at radius 2 is 2.14 bits per heavy atom. The van der Waals surface area contributed by atoms with E-state index in [1.807, 2.05) is 29.2 Å². The minimum Gasteiger partial charge on any atom is -0.383 e. The van der Waals surface area contributed by atoms with Crippen molar-refractivity contribution in [1.82, 2.24) is 9.88 Å². The summed E-state index contributed by atoms with van der Waals surface area (Å²) in [6.07, 6.45) is -1.69. The van der Waals surface area contributed by atoms with Gasteiger partial charge in [-0.2, -0.15) is 0 Å². The number of nitrogens with zero attached hydrogens (tertiary/aromatic N) is 2. The van der Waals surface area contributed by atoms with Crippen molar-refractivity contribution in [3.8, 4) is 0 Å². The molecule has 0 spiro atoms. The topological polar surface area (TPSA) is 36.4 Å². The second-order valence-corrected chi connectivity index (χ2v) is 6.01. The molecule has 0 saturated carbocycles. The Morgan fingerprint density at radius 3 is 2.82 bits per heavy atom. The Labute approximate surface area is 128 Å². The standard InChI is InChI=1S/C17H20F2N2O/c1-2-12-4-3-5-13-6-7-14(20-15(12)13)10-21-9-8-17(22,11-21)16(18)19/h3-7,16,22H,2,8-11H2,1H3. The number of aryl methyl sites for hydroxylation is 1. The molecule has 1 fully saturated rings. The molecule has 22 heavy (non-hydrogen) atoms. The molecule has 0 radical (unpaired) electrons. The van der Waals surface area contributed by atoms with Gasteiger partial charge in [0.15, 0.2) is 0 Å². The van der Waals surface area contributed by atoms with E-state index < -0.39 is 12.0 Å². The Kier molecular flexibility index (Phi) is 4.10. The van der Waals surface area contributed by atoms with Gasteiger partial charge in [0.05, 0.1) is 11.2 Å². The van der Waals surface area contributed by atoms with Crippen LogP contribution in [0, 0.1) is 0 Å². The van der Waals surface area contributed by atoms with E-state index in [1.54, 1.807) is 0 Å². The van der Waals surface area contributed by atoms with Gasteiger partial charge in [-0.05, 0) is 24.5 Å². The molecule has 1 aromatic heterocycles. The third-order valence-corrected chi connectivity index (χ3v) is 4.39. The smallest absolute Gasteiger partial charge is 0.268 e. The number of β-amino-alcohol motifs (C(OH)–C–C–N with tert-alkyl or cyclic N) is 1. The predicted octanol–water partition coefficient (Wildman–Crippen LogP) is 3.00. The third-order valence-electron chi connectivity index (χ3n) is 4.39. The van der Waals surface area contributed by atoms with Gasteiger partial charge in [0.2, 0.25) is 0 Å². The zero-order chi connectivity index (χ0) is 15.7. The molecule has 1 unspecified atom stereocenters. The van der Waals surface area contributed by atoms with Crippen molar-refractivity contribution >= 4 is 10.9 Å². The normalized spacial score (nSPS) is 22.8. The molecule has 1 aliphatic heterocycles. The first kappa shape index (κ1) is 15.3. The van der Waals surface area contributed by atoms with Crippen molar-refractivity contribution in [3.05, 3.63) is 41.6 Å². The molecular formula is C17H20F2N2O. The van der Waals surface area contributed by atoms with Gasteiger partial charge in [-0.25, -0.2) is 8.78 Å². The number of hydrogen-bond donors (Lipinski definition) is 1. The van der Waals surface area contributed by atoms with Crippen LogP contribution < -0.4 is 0 Å². The monoisotopic (exact) mass is 306 g/mol. The third kappa shape index (κ3) is 2.83. The van der Waals surface area contributed by atoms with Crippen LogP contribution in [0.4, 0.5) is 8.78 Å². The number of aliphatic hydroxyl groups is 1. The second kappa shape index (κ2) is 5.89. The maximum Gasteiger partial charge on any atom is 0.268 e. The van der Waals surface area contributed by atoms with Gasteiger partial charge in [-0.1, -0.05) is 31.2 Å². The summed E-state index contributed by atoms with van der Waals surface area (Å²) in [5.74, 6) is 0. The van der Waals surface area contributed by atoms with Crippen molar-refractivity contribution in [2.45, 2.75) is 38.3 Å². The lowest BCUT2D eigenvalue weighted by atomic mass is 10.1. The van der Waals surface area contributed by atoms with E-state index in [1.165, 1.54) is 5.56 Å². The molecule has 0 aliphatic carbocycles. The van der Waals surface area contributed by atoms with Crippen LogP contribution >= 0.6 is 0 Å². The van der Waals surface area contributed by atoms with Gasteiger partial charge in [-0.15, -0.1) is 0 Å². The number of pyridine rings is 1. The van der Waals surface area contributed by atoms with Gasteiger partial charge in [0, 0.05) is 25.0 Å². The van der Waals surface area contributed by atoms with E-state index in [0.29, 0.717) is 13.1 Å². The summed E-state index contributed by atoms with van der Waals surface area (Å²) in [7, 11) is 0. The summed E-state index contributed by atoms with van der Waals surface area (Å²) in [5.41, 5.74) is 1.15. The molecule has 1 N–H and O–H groups in total. The van der Waals surface area contributed by atoms with Crippen LogP contribution in [0.15, 0.2) is 30.3 Å². The molecule has 2 heterocycles. The van der Waals surface area contributed by atoms with E-state index >= 15 is 0 Å². The summed E-state index contributed by atoms with van der Waals surface area (Å²) >= 11 is 0. The Morgan fingerprint density at radius 1 is 1.32 bits per heavy atom. The minimum atomic E-state index is -2.70. The summed E-state index contributed by atoms with van der Waals surface area (Å²) in [4.78, 5) is 6.53. The van der Waals surface area contributed by atoms with Crippen molar-refractivity contribution in [2.75, 3.05) is 13.1 Å². The number of rotatable bonds is 4. The fourth-order valence-corrected chi connectivity index (χ4v) is 3.06. The molecule has 2 aromatic rings. The van der Waals surface area contributed by atoms with Gasteiger partial charge in [0.1, 0.15) is 5.60 Å². The number of likely N-dealkylation sites (tertiary alicyclic amines) is 1. The highest BCUT2D eigenvalue weighted by molar-refractivity contribution is 5.81. The minimum absolute atomic E-state index is 0.000190. The van der Waals surface area contributed by atoms with Gasteiger partial charge in [-0.3, -0.25) is 9.88 Å². The van der Waals surface area contributed by atoms with Gasteiger partial charge < -0.3 is 5.11 Å². The maximum absolute atomic E-state index is 12.9. The fraction of sp³-hybridized carbons (Fsp3) is 0.471. The molecule has 1 aliphatic rings. The highest BCUT2D eigenvalue weighted by Crippen LogP contribution is 2.28. The van der Waals surface area contributed by atoms with Crippen molar-refractivity contribution in [3.63, 3.8) is 0 Å². The fourth-order valence-electron chi connectivity index (χ4n) is 3.06. The first-order chi connectivity index (χ1) is 10.5. The second-order valence-electron chi connectivity index (χ2n) is 6.01. The van der Waals surface area contributed by atoms with Crippen LogP contribution in [0.5, 0.6) is 0 Å². The highest BCUT2D eigenvalue weighted by Gasteiger charge is 2.43. The lowest BCUT2D eigenvalue weighted by Crippen LogP contribution is -2.40. The van der Waals surface area contributed by atoms with Crippen LogP contribution in [0.2, 0.25) is 0 Å². The number of para-hydroxylation sites is 1. The first-order valence-electron chi connectivity index (χ1n) is 7.62. The predicted molar refractivity (Wildman–Crippen MR) is 82.0 cm³/mol. The van der Waals surface area contributed by atoms with Crippen LogP contribution in [-0.2, 0) is 13.0 Å². The van der Waals surface area contributed by atoms with Crippen LogP contribution in [0.25, 0.3) is 10.9 Å². The number of alkyl halides is 2. The number of halogens is 2. The summed E-state index contributed by atoms with van der Waals surface area (Å²) < 4.78 is 25.7. The molecule has 118 valence electrons. The number of aromatic nitrogens is 1. The molecule has 5 heteroatoms. The largest absolute Gasteiger partial charge is 0.383 e. The van der Waals surface area contributed by atoms with Crippen LogP contribution in [0.1, 0.15) is 24.6 Å². The molecule has 0 bridgehead atoms. The molecule has 0 amide bonds. The molecule has 3 rings (SSSR count). The SMILES string of the molecule is CCc1cccc2ccc(CN3CCC(O)(C(F)F)C3)nc12. The highest BCUT2D eigenvalue weighted by atomic mass is 19.3. The number of fused-ring (bicyclic) bond motifs is 1. The lowest BCUT2D eigenvalue weighted by Gasteiger charge is -2.22. The lowest BCUT2D eigenvalue weighted by molar-refractivity contribution is -0.0873. The summed E-state index contributed by atoms with van der Waals surface area (Å²) in [6, 6.07) is 10.1. The van der Waals surface area contributed by atoms with Crippen LogP contribution in [0.3, 0.4) is 0 Å². The van der Waals surface area contributed by atoms with E-state index in [9.17, 15) is 13.9 Å². The Balaban J connectivity index is 1.80. The van der Waals surface area contributed by atoms with Crippen molar-refractivity contribution in [2.24, 2.45) is 0 Å². The zero-order valence-corrected chi connectivity index (χ0v) is 12.6. The molecular weight excluding hydrogens is 286 g/mol. The van der Waals surface area contributed by atoms with Gasteiger partial charge in [0.25, 0.3) is 6.43 Å². The summed E-state index contributed by atoms with van der Waals surface area (Å²) in [5, 5.41) is 11.0. The molecule has 1 saturated heterocycles. The Hall–Kier alpha value is -1.59. The number of hydrogen-bond acceptors (Lipinski definition) is 3. The average Bonchev–Trinajstić information content (AvgIpc) is 2.89. The van der Waals surface area contributed by atoms with Gasteiger partial charge >= 0.3 is 0 Å². The Bertz CT molecular complexity index is 677. The van der Waals surface area contributed by atoms with Crippen molar-refractivity contribution < 1.29 is 13.9 Å². The molecule has 1 aromatic carbocycles. The average molecular weight is 306 g/mol. The quantitative estimate of drug-likeness (QED) is 0.943. The van der Waals surface area contributed by atoms with E-state index in [2.05, 4.69) is 13.0 Å². The first-order valence-corrected chi connectivity index (χ1v) is 7.62. The molecule has 3 nitrogen and oxygen atoms in total. The van der Waals surface area contributed by atoms with E-state index in [4.69, 9.17) is 4.98 Å². The zero-order valence-electron chi connectivity index (χ0n) is 12.6. The van der Waals surface area contributed by atoms with E-state index in [-0.39, 0.29) is 13.0 Å². The van der Waals surface area contributed by atoms with Crippen LogP contribution in [-0.4, -0.2) is 40.1 Å². The summed E-state index contributed by atoms with van der Waals surface area (Å²) in [6.45, 7) is 3.05. The van der Waals surface area contributed by atoms with Crippen molar-refractivity contribution in [1.29, 1.82) is 0 Å². The molecule has 1 atom stereocenters.